The summed E-state index contributed by atoms with van der Waals surface area (Å²) in [6.45, 7) is 0. The standard InChI is InChI=1S/C48H26N4S/c1-2-12-28(13-3-1)44-41-29-14-5-4-11-27(29)23-26-36(41)49-48(50-44)51-37-19-9-16-31-32-17-8-18-33-34-24-25-35-30-15-6-7-22-40(30)53-47(35)46(34)52(45(32)33)39-21-10-20-38(51)43(39)42(31)37/h1-26H. The van der Waals surface area contributed by atoms with Crippen molar-refractivity contribution in [1.29, 1.82) is 0 Å². The first-order valence-electron chi connectivity index (χ1n) is 18.0. The van der Waals surface area contributed by atoms with Crippen LogP contribution in [0.15, 0.2) is 158 Å². The molecule has 13 aromatic rings. The Bertz CT molecular complexity index is 3680. The zero-order valence-corrected chi connectivity index (χ0v) is 29.0. The SMILES string of the molecule is c1ccc(-c2nc(-n3c4cccc5c6cccc7c8ccc9c%10ccccc%10sc9c8n(c8cccc3c8c54)c67)nc3ccc4ccccc4c23)cc1. The first-order valence-corrected chi connectivity index (χ1v) is 18.8. The molecule has 8 aromatic carbocycles. The molecule has 0 radical (unpaired) electrons. The van der Waals surface area contributed by atoms with Crippen molar-refractivity contribution in [2.24, 2.45) is 0 Å². The van der Waals surface area contributed by atoms with Gasteiger partial charge in [-0.1, -0.05) is 127 Å². The quantitative estimate of drug-likeness (QED) is 0.169. The molecule has 244 valence electrons. The van der Waals surface area contributed by atoms with Gasteiger partial charge in [0.2, 0.25) is 5.95 Å². The van der Waals surface area contributed by atoms with E-state index < -0.39 is 0 Å². The zero-order chi connectivity index (χ0) is 34.4. The second-order valence-corrected chi connectivity index (χ2v) is 15.2. The lowest BCUT2D eigenvalue weighted by Crippen LogP contribution is -2.04. The predicted molar refractivity (Wildman–Crippen MR) is 224 cm³/mol. The van der Waals surface area contributed by atoms with Crippen LogP contribution in [0.2, 0.25) is 0 Å². The van der Waals surface area contributed by atoms with E-state index in [4.69, 9.17) is 9.97 Å². The van der Waals surface area contributed by atoms with Crippen LogP contribution in [0.25, 0.3) is 119 Å². The van der Waals surface area contributed by atoms with Crippen molar-refractivity contribution in [2.45, 2.75) is 0 Å². The number of rotatable bonds is 2. The van der Waals surface area contributed by atoms with E-state index >= 15 is 0 Å². The van der Waals surface area contributed by atoms with Gasteiger partial charge in [-0.3, -0.25) is 4.57 Å². The fourth-order valence-corrected chi connectivity index (χ4v) is 10.5. The maximum absolute atomic E-state index is 5.50. The molecule has 0 atom stereocenters. The second kappa shape index (κ2) is 9.94. The summed E-state index contributed by atoms with van der Waals surface area (Å²) in [5.74, 6) is 0.671. The molecule has 0 aliphatic heterocycles. The maximum atomic E-state index is 5.50. The molecular weight excluding hydrogens is 665 g/mol. The van der Waals surface area contributed by atoms with Gasteiger partial charge in [-0.15, -0.1) is 11.3 Å². The molecule has 0 spiro atoms. The number of benzene rings is 8. The van der Waals surface area contributed by atoms with Gasteiger partial charge in [-0.05, 0) is 46.5 Å². The number of hydrogen-bond donors (Lipinski definition) is 0. The molecule has 0 N–H and O–H groups in total. The van der Waals surface area contributed by atoms with Gasteiger partial charge in [-0.25, -0.2) is 9.97 Å². The van der Waals surface area contributed by atoms with Crippen LogP contribution in [-0.2, 0) is 0 Å². The molecule has 4 nitrogen and oxygen atoms in total. The van der Waals surface area contributed by atoms with Crippen LogP contribution in [0.3, 0.4) is 0 Å². The van der Waals surface area contributed by atoms with Crippen LogP contribution < -0.4 is 0 Å². The molecule has 13 rings (SSSR count). The molecule has 5 heterocycles. The van der Waals surface area contributed by atoms with Crippen LogP contribution in [0.5, 0.6) is 0 Å². The average molecular weight is 691 g/mol. The predicted octanol–water partition coefficient (Wildman–Crippen LogP) is 13.1. The van der Waals surface area contributed by atoms with Crippen LogP contribution >= 0.6 is 11.3 Å². The summed E-state index contributed by atoms with van der Waals surface area (Å²) in [4.78, 5) is 10.9. The van der Waals surface area contributed by atoms with E-state index in [1.807, 2.05) is 11.3 Å². The summed E-state index contributed by atoms with van der Waals surface area (Å²) >= 11 is 1.90. The van der Waals surface area contributed by atoms with E-state index in [1.54, 1.807) is 0 Å². The molecule has 0 saturated heterocycles. The van der Waals surface area contributed by atoms with Gasteiger partial charge in [0.05, 0.1) is 43.5 Å². The Morgan fingerprint density at radius 3 is 1.98 bits per heavy atom. The number of para-hydroxylation sites is 1. The van der Waals surface area contributed by atoms with Gasteiger partial charge in [0, 0.05) is 53.4 Å². The number of thiophene rings is 1. The Labute approximate surface area is 305 Å². The molecule has 5 aromatic heterocycles. The van der Waals surface area contributed by atoms with E-state index in [9.17, 15) is 0 Å². The molecule has 5 heteroatoms. The van der Waals surface area contributed by atoms with Gasteiger partial charge >= 0.3 is 0 Å². The van der Waals surface area contributed by atoms with E-state index in [0.717, 1.165) is 38.6 Å². The van der Waals surface area contributed by atoms with Crippen LogP contribution in [0, 0.1) is 0 Å². The normalized spacial score (nSPS) is 12.5. The molecule has 0 aliphatic rings. The van der Waals surface area contributed by atoms with Crippen molar-refractivity contribution >= 4 is 113 Å². The fraction of sp³-hybridized carbons (Fsp3) is 0. The minimum absolute atomic E-state index is 0.671. The summed E-state index contributed by atoms with van der Waals surface area (Å²) in [6, 6.07) is 57.2. The Balaban J connectivity index is 1.24. The Hall–Kier alpha value is -6.82. The van der Waals surface area contributed by atoms with Gasteiger partial charge in [0.25, 0.3) is 0 Å². The highest BCUT2D eigenvalue weighted by molar-refractivity contribution is 7.26. The largest absolute Gasteiger partial charge is 0.306 e. The third-order valence-corrected chi connectivity index (χ3v) is 12.6. The molecule has 0 saturated carbocycles. The number of aromatic nitrogens is 4. The van der Waals surface area contributed by atoms with E-state index in [-0.39, 0.29) is 0 Å². The van der Waals surface area contributed by atoms with Crippen molar-refractivity contribution in [3.63, 3.8) is 0 Å². The summed E-state index contributed by atoms with van der Waals surface area (Å²) in [7, 11) is 0. The summed E-state index contributed by atoms with van der Waals surface area (Å²) in [5.41, 5.74) is 8.85. The first-order chi connectivity index (χ1) is 26.3. The smallest absolute Gasteiger partial charge is 0.235 e. The highest BCUT2D eigenvalue weighted by Gasteiger charge is 2.25. The van der Waals surface area contributed by atoms with Gasteiger partial charge in [0.1, 0.15) is 0 Å². The van der Waals surface area contributed by atoms with Gasteiger partial charge in [-0.2, -0.15) is 0 Å². The second-order valence-electron chi connectivity index (χ2n) is 14.1. The molecule has 0 bridgehead atoms. The summed E-state index contributed by atoms with van der Waals surface area (Å²) in [5, 5.41) is 13.5. The number of fused-ring (bicyclic) bond motifs is 12. The molecule has 53 heavy (non-hydrogen) atoms. The van der Waals surface area contributed by atoms with Crippen molar-refractivity contribution < 1.29 is 0 Å². The van der Waals surface area contributed by atoms with E-state index in [0.29, 0.717) is 5.95 Å². The molecule has 0 amide bonds. The maximum Gasteiger partial charge on any atom is 0.235 e. The van der Waals surface area contributed by atoms with Crippen molar-refractivity contribution in [3.05, 3.63) is 158 Å². The third-order valence-electron chi connectivity index (χ3n) is 11.4. The van der Waals surface area contributed by atoms with Crippen molar-refractivity contribution in [3.8, 4) is 17.2 Å². The highest BCUT2D eigenvalue weighted by Crippen LogP contribution is 2.47. The summed E-state index contributed by atoms with van der Waals surface area (Å²) < 4.78 is 7.49. The Morgan fingerprint density at radius 1 is 0.415 bits per heavy atom. The molecule has 0 fully saturated rings. The lowest BCUT2D eigenvalue weighted by molar-refractivity contribution is 1.01. The van der Waals surface area contributed by atoms with Crippen LogP contribution in [0.1, 0.15) is 0 Å². The third kappa shape index (κ3) is 3.50. The average Bonchev–Trinajstić information content (AvgIpc) is 3.86. The van der Waals surface area contributed by atoms with E-state index in [1.165, 1.54) is 74.4 Å². The minimum atomic E-state index is 0.671. The van der Waals surface area contributed by atoms with Gasteiger partial charge in [0.15, 0.2) is 0 Å². The van der Waals surface area contributed by atoms with Gasteiger partial charge < -0.3 is 4.40 Å². The molecule has 0 aliphatic carbocycles. The van der Waals surface area contributed by atoms with Crippen LogP contribution in [0.4, 0.5) is 0 Å². The highest BCUT2D eigenvalue weighted by atomic mass is 32.1. The first kappa shape index (κ1) is 27.8. The summed E-state index contributed by atoms with van der Waals surface area (Å²) in [6.07, 6.45) is 0. The fourth-order valence-electron chi connectivity index (χ4n) is 9.30. The zero-order valence-electron chi connectivity index (χ0n) is 28.2. The van der Waals surface area contributed by atoms with Crippen molar-refractivity contribution in [2.75, 3.05) is 0 Å². The lowest BCUT2D eigenvalue weighted by atomic mass is 10.0. The minimum Gasteiger partial charge on any atom is -0.306 e. The van der Waals surface area contributed by atoms with Crippen LogP contribution in [-0.4, -0.2) is 18.9 Å². The Kier molecular flexibility index (Phi) is 5.22. The lowest BCUT2D eigenvalue weighted by Gasteiger charge is -2.13. The van der Waals surface area contributed by atoms with E-state index in [2.05, 4.69) is 167 Å². The monoisotopic (exact) mass is 690 g/mol. The molecular formula is C48H26N4S. The van der Waals surface area contributed by atoms with Crippen molar-refractivity contribution in [1.82, 2.24) is 18.9 Å². The number of nitrogens with zero attached hydrogens (tertiary/aromatic N) is 4. The Morgan fingerprint density at radius 2 is 1.08 bits per heavy atom. The topological polar surface area (TPSA) is 35.1 Å². The molecule has 0 unspecified atom stereocenters. The number of hydrogen-bond acceptors (Lipinski definition) is 3.